The summed E-state index contributed by atoms with van der Waals surface area (Å²) in [6.07, 6.45) is 0. The molecule has 0 saturated carbocycles. The first-order chi connectivity index (χ1) is 14.7. The number of nitrogens with one attached hydrogen (secondary N) is 3. The number of anilines is 3. The van der Waals surface area contributed by atoms with E-state index in [0.29, 0.717) is 27.8 Å². The number of halogens is 2. The fraction of sp³-hybridized carbons (Fsp3) is 0.0952. The lowest BCUT2D eigenvalue weighted by Gasteiger charge is -2.15. The van der Waals surface area contributed by atoms with Gasteiger partial charge in [0.2, 0.25) is 0 Å². The average molecular weight is 496 g/mol. The van der Waals surface area contributed by atoms with E-state index < -0.39 is 10.0 Å². The van der Waals surface area contributed by atoms with E-state index in [2.05, 4.69) is 15.4 Å². The van der Waals surface area contributed by atoms with Gasteiger partial charge in [0.05, 0.1) is 17.8 Å². The molecule has 3 aromatic carbocycles. The van der Waals surface area contributed by atoms with Gasteiger partial charge in [-0.3, -0.25) is 4.72 Å². The number of aryl methyl sites for hydroxylation is 1. The third-order valence-electron chi connectivity index (χ3n) is 4.26. The first-order valence-corrected chi connectivity index (χ1v) is 11.6. The molecule has 0 amide bonds. The van der Waals surface area contributed by atoms with Gasteiger partial charge in [0.15, 0.2) is 5.11 Å². The van der Waals surface area contributed by atoms with Crippen LogP contribution in [-0.4, -0.2) is 20.6 Å². The zero-order valence-electron chi connectivity index (χ0n) is 16.6. The highest BCUT2D eigenvalue weighted by molar-refractivity contribution is 7.92. The zero-order chi connectivity index (χ0) is 22.6. The number of thiocarbonyl (C=S) groups is 1. The molecule has 0 aliphatic rings. The lowest BCUT2D eigenvalue weighted by atomic mass is 10.2. The van der Waals surface area contributed by atoms with E-state index in [1.54, 1.807) is 36.4 Å². The molecule has 0 fully saturated rings. The second kappa shape index (κ2) is 9.74. The molecule has 0 atom stereocenters. The van der Waals surface area contributed by atoms with Crippen LogP contribution in [0, 0.1) is 6.92 Å². The summed E-state index contributed by atoms with van der Waals surface area (Å²) in [6.45, 7) is 1.90. The molecule has 0 heterocycles. The van der Waals surface area contributed by atoms with Gasteiger partial charge in [-0.15, -0.1) is 0 Å². The van der Waals surface area contributed by atoms with E-state index in [0.717, 1.165) is 5.56 Å². The molecule has 6 nitrogen and oxygen atoms in total. The Morgan fingerprint density at radius 1 is 0.935 bits per heavy atom. The predicted octanol–water partition coefficient (Wildman–Crippen LogP) is 5.92. The molecule has 0 aliphatic heterocycles. The van der Waals surface area contributed by atoms with Crippen molar-refractivity contribution in [1.29, 1.82) is 0 Å². The fourth-order valence-electron chi connectivity index (χ4n) is 2.68. The fourth-order valence-corrected chi connectivity index (χ4v) is 4.69. The Kier molecular flexibility index (Phi) is 7.27. The van der Waals surface area contributed by atoms with Crippen LogP contribution in [0.1, 0.15) is 5.56 Å². The molecule has 31 heavy (non-hydrogen) atoms. The number of methoxy groups -OCH3 is 1. The van der Waals surface area contributed by atoms with E-state index in [-0.39, 0.29) is 15.0 Å². The van der Waals surface area contributed by atoms with Crippen molar-refractivity contribution in [2.45, 2.75) is 11.8 Å². The van der Waals surface area contributed by atoms with Gasteiger partial charge in [0.25, 0.3) is 10.0 Å². The highest BCUT2D eigenvalue weighted by atomic mass is 35.5. The van der Waals surface area contributed by atoms with Crippen LogP contribution in [0.5, 0.6) is 5.75 Å². The molecule has 3 N–H and O–H groups in total. The molecule has 162 valence electrons. The standard InChI is InChI=1S/C21H19Cl2N3O3S2/c1-13-7-8-14(11-17(13)23)24-21(30)25-15-9-10-16(22)20(12-15)31(27,28)26-18-5-3-4-6-19(18)29-2/h3-12,26H,1-2H3,(H2,24,25,30). The van der Waals surface area contributed by atoms with Crippen molar-refractivity contribution < 1.29 is 13.2 Å². The van der Waals surface area contributed by atoms with Crippen LogP contribution in [0.4, 0.5) is 17.1 Å². The predicted molar refractivity (Wildman–Crippen MR) is 131 cm³/mol. The Morgan fingerprint density at radius 2 is 1.58 bits per heavy atom. The molecule has 0 spiro atoms. The number of para-hydroxylation sites is 2. The molecule has 0 saturated heterocycles. The summed E-state index contributed by atoms with van der Waals surface area (Å²) in [5.41, 5.74) is 2.39. The minimum Gasteiger partial charge on any atom is -0.495 e. The number of rotatable bonds is 6. The van der Waals surface area contributed by atoms with Crippen LogP contribution in [0.3, 0.4) is 0 Å². The summed E-state index contributed by atoms with van der Waals surface area (Å²) in [7, 11) is -2.53. The molecule has 0 bridgehead atoms. The Bertz CT molecular complexity index is 1230. The third-order valence-corrected chi connectivity index (χ3v) is 6.72. The van der Waals surface area contributed by atoms with Gasteiger partial charge in [-0.25, -0.2) is 8.42 Å². The maximum atomic E-state index is 12.9. The van der Waals surface area contributed by atoms with Gasteiger partial charge in [-0.1, -0.05) is 41.4 Å². The lowest BCUT2D eigenvalue weighted by Crippen LogP contribution is -2.20. The number of ether oxygens (including phenoxy) is 1. The van der Waals surface area contributed by atoms with Gasteiger partial charge < -0.3 is 15.4 Å². The van der Waals surface area contributed by atoms with Gasteiger partial charge >= 0.3 is 0 Å². The van der Waals surface area contributed by atoms with E-state index in [4.69, 9.17) is 40.2 Å². The number of benzene rings is 3. The van der Waals surface area contributed by atoms with Gasteiger partial charge in [0, 0.05) is 16.4 Å². The quantitative estimate of drug-likeness (QED) is 0.368. The number of hydrogen-bond donors (Lipinski definition) is 3. The molecule has 10 heteroatoms. The Hall–Kier alpha value is -2.52. The summed E-state index contributed by atoms with van der Waals surface area (Å²) < 4.78 is 33.6. The molecule has 0 aromatic heterocycles. The topological polar surface area (TPSA) is 79.5 Å². The highest BCUT2D eigenvalue weighted by Gasteiger charge is 2.20. The van der Waals surface area contributed by atoms with Crippen LogP contribution >= 0.6 is 35.4 Å². The van der Waals surface area contributed by atoms with E-state index in [1.807, 2.05) is 19.1 Å². The van der Waals surface area contributed by atoms with E-state index in [1.165, 1.54) is 19.2 Å². The monoisotopic (exact) mass is 495 g/mol. The van der Waals surface area contributed by atoms with Crippen molar-refractivity contribution >= 4 is 67.6 Å². The first-order valence-electron chi connectivity index (χ1n) is 8.99. The maximum Gasteiger partial charge on any atom is 0.263 e. The Labute approximate surface area is 196 Å². The molecule has 3 rings (SSSR count). The van der Waals surface area contributed by atoms with Crippen molar-refractivity contribution in [3.05, 3.63) is 76.3 Å². The Morgan fingerprint density at radius 3 is 2.26 bits per heavy atom. The van der Waals surface area contributed by atoms with Crippen molar-refractivity contribution in [1.82, 2.24) is 0 Å². The number of sulfonamides is 1. The third kappa shape index (κ3) is 5.80. The van der Waals surface area contributed by atoms with Crippen LogP contribution in [0.2, 0.25) is 10.0 Å². The molecule has 0 radical (unpaired) electrons. The highest BCUT2D eigenvalue weighted by Crippen LogP contribution is 2.30. The molecule has 0 aliphatic carbocycles. The lowest BCUT2D eigenvalue weighted by molar-refractivity contribution is 0.417. The molecular formula is C21H19Cl2N3O3S2. The SMILES string of the molecule is COc1ccccc1NS(=O)(=O)c1cc(NC(=S)Nc2ccc(C)c(Cl)c2)ccc1Cl. The zero-order valence-corrected chi connectivity index (χ0v) is 19.7. The van der Waals surface area contributed by atoms with Crippen molar-refractivity contribution in [3.63, 3.8) is 0 Å². The minimum atomic E-state index is -3.99. The second-order valence-corrected chi connectivity index (χ2v) is 9.37. The summed E-state index contributed by atoms with van der Waals surface area (Å²) in [5, 5.41) is 6.90. The minimum absolute atomic E-state index is 0.0668. The summed E-state index contributed by atoms with van der Waals surface area (Å²) in [5.74, 6) is 0.388. The van der Waals surface area contributed by atoms with Crippen molar-refractivity contribution in [2.75, 3.05) is 22.5 Å². The summed E-state index contributed by atoms with van der Waals surface area (Å²) in [4.78, 5) is -0.105. The van der Waals surface area contributed by atoms with Gasteiger partial charge in [0.1, 0.15) is 10.6 Å². The first kappa shape index (κ1) is 23.1. The molecular weight excluding hydrogens is 477 g/mol. The van der Waals surface area contributed by atoms with Crippen LogP contribution in [0.25, 0.3) is 0 Å². The van der Waals surface area contributed by atoms with Gasteiger partial charge in [-0.05, 0) is 67.2 Å². The van der Waals surface area contributed by atoms with Crippen LogP contribution < -0.4 is 20.1 Å². The Balaban J connectivity index is 1.80. The summed E-state index contributed by atoms with van der Waals surface area (Å²) >= 11 is 17.6. The normalized spacial score (nSPS) is 11.0. The smallest absolute Gasteiger partial charge is 0.263 e. The largest absolute Gasteiger partial charge is 0.495 e. The number of hydrogen-bond acceptors (Lipinski definition) is 4. The second-order valence-electron chi connectivity index (χ2n) is 6.49. The average Bonchev–Trinajstić information content (AvgIpc) is 2.72. The van der Waals surface area contributed by atoms with Crippen molar-refractivity contribution in [3.8, 4) is 5.75 Å². The van der Waals surface area contributed by atoms with Crippen molar-refractivity contribution in [2.24, 2.45) is 0 Å². The summed E-state index contributed by atoms with van der Waals surface area (Å²) in [6, 6.07) is 16.6. The molecule has 0 unspecified atom stereocenters. The van der Waals surface area contributed by atoms with Crippen LogP contribution in [0.15, 0.2) is 65.6 Å². The maximum absolute atomic E-state index is 12.9. The van der Waals surface area contributed by atoms with Gasteiger partial charge in [-0.2, -0.15) is 0 Å². The van der Waals surface area contributed by atoms with Crippen LogP contribution in [-0.2, 0) is 10.0 Å². The van der Waals surface area contributed by atoms with E-state index in [9.17, 15) is 8.42 Å². The molecule has 3 aromatic rings. The van der Waals surface area contributed by atoms with E-state index >= 15 is 0 Å².